The Bertz CT molecular complexity index is 410. The molecule has 0 aliphatic carbocycles. The fraction of sp³-hybridized carbons (Fsp3) is 0.600. The molecule has 2 amide bonds. The fourth-order valence-electron chi connectivity index (χ4n) is 1.79. The van der Waals surface area contributed by atoms with Crippen molar-refractivity contribution < 1.29 is 24.3 Å². The molecule has 1 fully saturated rings. The molecule has 8 heteroatoms. The molecule has 98 valence electrons. The number of carboxylic acid groups (broad SMARTS) is 1. The van der Waals surface area contributed by atoms with E-state index in [9.17, 15) is 14.4 Å². The van der Waals surface area contributed by atoms with Crippen molar-refractivity contribution in [2.24, 2.45) is 5.16 Å². The average Bonchev–Trinajstić information content (AvgIpc) is 2.81. The molecule has 3 N–H and O–H groups in total. The molecule has 2 rings (SSSR count). The van der Waals surface area contributed by atoms with Crippen LogP contribution in [-0.2, 0) is 19.2 Å². The summed E-state index contributed by atoms with van der Waals surface area (Å²) >= 11 is 0. The van der Waals surface area contributed by atoms with Crippen LogP contribution in [0.2, 0.25) is 0 Å². The number of carboxylic acids is 1. The molecule has 0 saturated carbocycles. The molecule has 0 aromatic rings. The predicted molar refractivity (Wildman–Crippen MR) is 58.7 cm³/mol. The van der Waals surface area contributed by atoms with Gasteiger partial charge in [-0.1, -0.05) is 5.16 Å². The first-order valence-electron chi connectivity index (χ1n) is 5.59. The molecule has 0 aromatic carbocycles. The molecule has 1 saturated heterocycles. The monoisotopic (exact) mass is 255 g/mol. The van der Waals surface area contributed by atoms with E-state index in [0.717, 1.165) is 0 Å². The van der Waals surface area contributed by atoms with Crippen molar-refractivity contribution >= 4 is 23.5 Å². The number of nitrogens with zero attached hydrogens (tertiary/aromatic N) is 1. The van der Waals surface area contributed by atoms with Crippen LogP contribution in [0.15, 0.2) is 5.16 Å². The highest BCUT2D eigenvalue weighted by atomic mass is 16.6. The second-order valence-corrected chi connectivity index (χ2v) is 4.19. The average molecular weight is 255 g/mol. The number of carbonyl (C=O) groups excluding carboxylic acids is 2. The van der Waals surface area contributed by atoms with Gasteiger partial charge in [0.05, 0.1) is 0 Å². The molecular weight excluding hydrogens is 242 g/mol. The number of aliphatic carboxylic acids is 1. The summed E-state index contributed by atoms with van der Waals surface area (Å²) in [6.45, 7) is 0.379. The van der Waals surface area contributed by atoms with Crippen molar-refractivity contribution in [3.8, 4) is 0 Å². The lowest BCUT2D eigenvalue weighted by molar-refractivity contribution is -0.133. The molecular formula is C10H13N3O5. The van der Waals surface area contributed by atoms with E-state index >= 15 is 0 Å². The van der Waals surface area contributed by atoms with Crippen molar-refractivity contribution in [1.82, 2.24) is 10.6 Å². The van der Waals surface area contributed by atoms with Gasteiger partial charge >= 0.3 is 5.97 Å². The number of hydrogen-bond donors (Lipinski definition) is 3. The summed E-state index contributed by atoms with van der Waals surface area (Å²) in [5, 5.41) is 17.3. The van der Waals surface area contributed by atoms with Crippen LogP contribution in [0.3, 0.4) is 0 Å². The summed E-state index contributed by atoms with van der Waals surface area (Å²) in [7, 11) is 0. The van der Waals surface area contributed by atoms with Crippen LogP contribution in [0.25, 0.3) is 0 Å². The van der Waals surface area contributed by atoms with E-state index in [-0.39, 0.29) is 24.1 Å². The Labute approximate surface area is 102 Å². The Balaban J connectivity index is 1.80. The van der Waals surface area contributed by atoms with Gasteiger partial charge in [0.15, 0.2) is 5.71 Å². The van der Waals surface area contributed by atoms with Crippen LogP contribution in [0.1, 0.15) is 19.3 Å². The smallest absolute Gasteiger partial charge is 0.353 e. The van der Waals surface area contributed by atoms with Crippen LogP contribution in [0.4, 0.5) is 0 Å². The first-order valence-corrected chi connectivity index (χ1v) is 5.59. The number of hydrogen-bond acceptors (Lipinski definition) is 5. The lowest BCUT2D eigenvalue weighted by atomic mass is 10.1. The minimum atomic E-state index is -1.18. The number of carbonyl (C=O) groups is 3. The summed E-state index contributed by atoms with van der Waals surface area (Å²) in [5.74, 6) is -1.62. The van der Waals surface area contributed by atoms with Crippen molar-refractivity contribution in [3.63, 3.8) is 0 Å². The Hall–Kier alpha value is -2.12. The zero-order valence-corrected chi connectivity index (χ0v) is 9.51. The molecule has 2 aliphatic heterocycles. The number of nitrogens with one attached hydrogen (secondary N) is 2. The summed E-state index contributed by atoms with van der Waals surface area (Å²) in [6, 6.07) is -0.146. The third-order valence-electron chi connectivity index (χ3n) is 2.82. The van der Waals surface area contributed by atoms with E-state index in [1.165, 1.54) is 0 Å². The molecule has 2 aliphatic rings. The molecule has 0 radical (unpaired) electrons. The molecule has 2 unspecified atom stereocenters. The van der Waals surface area contributed by atoms with Crippen molar-refractivity contribution in [1.29, 1.82) is 0 Å². The normalized spacial score (nSPS) is 26.9. The lowest BCUT2D eigenvalue weighted by Gasteiger charge is -2.24. The van der Waals surface area contributed by atoms with Gasteiger partial charge < -0.3 is 20.6 Å². The molecule has 8 nitrogen and oxygen atoms in total. The summed E-state index contributed by atoms with van der Waals surface area (Å²) in [6.07, 6.45) is -0.00131. The molecule has 18 heavy (non-hydrogen) atoms. The topological polar surface area (TPSA) is 117 Å². The maximum Gasteiger partial charge on any atom is 0.353 e. The van der Waals surface area contributed by atoms with Gasteiger partial charge in [-0.3, -0.25) is 9.59 Å². The van der Waals surface area contributed by atoms with Crippen LogP contribution < -0.4 is 10.6 Å². The lowest BCUT2D eigenvalue weighted by Crippen LogP contribution is -2.50. The van der Waals surface area contributed by atoms with Crippen LogP contribution in [0, 0.1) is 0 Å². The van der Waals surface area contributed by atoms with Crippen LogP contribution in [-0.4, -0.2) is 47.3 Å². The quantitative estimate of drug-likeness (QED) is 0.574. The standard InChI is InChI=1S/C10H13N3O5/c14-8-2-1-5(4-11-8)12-9(15)7-3-6(10(16)17)13-18-7/h5,7H,1-4H2,(H,11,14)(H,12,15)(H,16,17). The molecule has 0 bridgehead atoms. The number of amides is 2. The Morgan fingerprint density at radius 1 is 1.50 bits per heavy atom. The van der Waals surface area contributed by atoms with Gasteiger partial charge in [0.1, 0.15) is 0 Å². The highest BCUT2D eigenvalue weighted by Crippen LogP contribution is 2.12. The summed E-state index contributed by atoms with van der Waals surface area (Å²) in [4.78, 5) is 38.0. The minimum absolute atomic E-state index is 0.0332. The Morgan fingerprint density at radius 3 is 2.83 bits per heavy atom. The SMILES string of the molecule is O=C1CCC(NC(=O)C2CC(C(=O)O)=NO2)CN1. The fourth-order valence-corrected chi connectivity index (χ4v) is 1.79. The van der Waals surface area contributed by atoms with Gasteiger partial charge in [-0.25, -0.2) is 4.79 Å². The number of oxime groups is 1. The van der Waals surface area contributed by atoms with E-state index in [4.69, 9.17) is 9.94 Å². The van der Waals surface area contributed by atoms with Gasteiger partial charge in [-0.05, 0) is 6.42 Å². The molecule has 2 heterocycles. The second-order valence-electron chi connectivity index (χ2n) is 4.19. The first kappa shape index (κ1) is 12.3. The van der Waals surface area contributed by atoms with Crippen molar-refractivity contribution in [3.05, 3.63) is 0 Å². The van der Waals surface area contributed by atoms with Gasteiger partial charge in [0.25, 0.3) is 5.91 Å². The van der Waals surface area contributed by atoms with Gasteiger partial charge in [0.2, 0.25) is 12.0 Å². The predicted octanol–water partition coefficient (Wildman–Crippen LogP) is -1.39. The largest absolute Gasteiger partial charge is 0.477 e. The van der Waals surface area contributed by atoms with Gasteiger partial charge in [0, 0.05) is 25.4 Å². The zero-order chi connectivity index (χ0) is 13.1. The minimum Gasteiger partial charge on any atom is -0.477 e. The van der Waals surface area contributed by atoms with E-state index in [2.05, 4.69) is 15.8 Å². The third kappa shape index (κ3) is 2.76. The van der Waals surface area contributed by atoms with Gasteiger partial charge in [-0.2, -0.15) is 0 Å². The molecule has 2 atom stereocenters. The Kier molecular flexibility index (Phi) is 3.45. The number of rotatable bonds is 3. The second kappa shape index (κ2) is 5.03. The maximum atomic E-state index is 11.7. The zero-order valence-electron chi connectivity index (χ0n) is 9.51. The van der Waals surface area contributed by atoms with E-state index < -0.39 is 18.0 Å². The van der Waals surface area contributed by atoms with E-state index in [1.54, 1.807) is 0 Å². The van der Waals surface area contributed by atoms with Crippen LogP contribution >= 0.6 is 0 Å². The van der Waals surface area contributed by atoms with E-state index in [1.807, 2.05) is 0 Å². The Morgan fingerprint density at radius 2 is 2.28 bits per heavy atom. The van der Waals surface area contributed by atoms with Crippen LogP contribution in [0.5, 0.6) is 0 Å². The molecule has 0 aromatic heterocycles. The maximum absolute atomic E-state index is 11.7. The molecule has 0 spiro atoms. The summed E-state index contributed by atoms with van der Waals surface area (Å²) < 4.78 is 0. The highest BCUT2D eigenvalue weighted by Gasteiger charge is 2.33. The highest BCUT2D eigenvalue weighted by molar-refractivity contribution is 6.36. The first-order chi connectivity index (χ1) is 8.56. The van der Waals surface area contributed by atoms with Gasteiger partial charge in [-0.15, -0.1) is 0 Å². The van der Waals surface area contributed by atoms with Crippen molar-refractivity contribution in [2.75, 3.05) is 6.54 Å². The third-order valence-corrected chi connectivity index (χ3v) is 2.82. The van der Waals surface area contributed by atoms with E-state index in [0.29, 0.717) is 19.4 Å². The van der Waals surface area contributed by atoms with Crippen molar-refractivity contribution in [2.45, 2.75) is 31.4 Å². The summed E-state index contributed by atoms with van der Waals surface area (Å²) in [5.41, 5.74) is -0.160. The number of piperidine rings is 1.